The van der Waals surface area contributed by atoms with Crippen LogP contribution in [0, 0.1) is 11.8 Å². The van der Waals surface area contributed by atoms with Gasteiger partial charge in [0.15, 0.2) is 0 Å². The van der Waals surface area contributed by atoms with Gasteiger partial charge in [0, 0.05) is 18.2 Å². The van der Waals surface area contributed by atoms with E-state index < -0.39 is 11.2 Å². The first kappa shape index (κ1) is 19.1. The average molecular weight is 421 g/mol. The molecule has 29 heavy (non-hydrogen) atoms. The lowest BCUT2D eigenvalue weighted by Crippen LogP contribution is -2.38. The van der Waals surface area contributed by atoms with Crippen molar-refractivity contribution in [2.45, 2.75) is 0 Å². The van der Waals surface area contributed by atoms with Crippen molar-refractivity contribution in [3.63, 3.8) is 0 Å². The number of rotatable bonds is 1. The molecular formula is C23H14Cl2N2O2. The Bertz CT molecular complexity index is 1430. The molecule has 4 aromatic rings. The molecule has 3 aromatic carbocycles. The molecule has 4 rings (SSSR count). The van der Waals surface area contributed by atoms with E-state index in [0.29, 0.717) is 27.2 Å². The van der Waals surface area contributed by atoms with Crippen LogP contribution in [0.5, 0.6) is 0 Å². The summed E-state index contributed by atoms with van der Waals surface area (Å²) < 4.78 is 2.40. The molecule has 0 fully saturated rings. The Balaban J connectivity index is 1.87. The van der Waals surface area contributed by atoms with Crippen LogP contribution in [0.1, 0.15) is 11.1 Å². The summed E-state index contributed by atoms with van der Waals surface area (Å²) in [5.41, 5.74) is 1.24. The average Bonchev–Trinajstić information content (AvgIpc) is 2.72. The Hall–Kier alpha value is -3.26. The van der Waals surface area contributed by atoms with Crippen molar-refractivity contribution >= 4 is 34.1 Å². The number of aryl methyl sites for hydroxylation is 1. The van der Waals surface area contributed by atoms with E-state index in [1.165, 1.54) is 4.57 Å². The van der Waals surface area contributed by atoms with Crippen LogP contribution in [0.3, 0.4) is 0 Å². The first-order valence-corrected chi connectivity index (χ1v) is 9.50. The van der Waals surface area contributed by atoms with Gasteiger partial charge < -0.3 is 0 Å². The molecule has 0 N–H and O–H groups in total. The summed E-state index contributed by atoms with van der Waals surface area (Å²) in [5, 5.41) is 0.929. The number of hydrogen-bond donors (Lipinski definition) is 0. The van der Waals surface area contributed by atoms with Crippen molar-refractivity contribution in [1.29, 1.82) is 0 Å². The van der Waals surface area contributed by atoms with Crippen molar-refractivity contribution in [3.8, 4) is 17.5 Å². The van der Waals surface area contributed by atoms with Crippen LogP contribution in [0.15, 0.2) is 76.3 Å². The van der Waals surface area contributed by atoms with E-state index >= 15 is 0 Å². The zero-order valence-corrected chi connectivity index (χ0v) is 16.8. The number of nitrogens with zero attached hydrogens (tertiary/aromatic N) is 2. The molecule has 0 saturated carbocycles. The Labute approximate surface area is 176 Å². The fourth-order valence-corrected chi connectivity index (χ4v) is 3.69. The lowest BCUT2D eigenvalue weighted by molar-refractivity contribution is 0.774. The van der Waals surface area contributed by atoms with E-state index in [2.05, 4.69) is 11.8 Å². The second-order valence-corrected chi connectivity index (χ2v) is 7.21. The van der Waals surface area contributed by atoms with Gasteiger partial charge in [-0.25, -0.2) is 9.36 Å². The summed E-state index contributed by atoms with van der Waals surface area (Å²) in [5.74, 6) is 6.09. The number of aromatic nitrogens is 2. The van der Waals surface area contributed by atoms with Gasteiger partial charge in [0.05, 0.1) is 26.6 Å². The van der Waals surface area contributed by atoms with Gasteiger partial charge in [0.2, 0.25) is 0 Å². The molecule has 0 unspecified atom stereocenters. The summed E-state index contributed by atoms with van der Waals surface area (Å²) in [6.07, 6.45) is 0. The van der Waals surface area contributed by atoms with Gasteiger partial charge in [0.25, 0.3) is 5.56 Å². The number of para-hydroxylation sites is 1. The lowest BCUT2D eigenvalue weighted by atomic mass is 10.1. The van der Waals surface area contributed by atoms with Gasteiger partial charge in [-0.2, -0.15) is 0 Å². The normalized spacial score (nSPS) is 10.6. The molecule has 0 saturated heterocycles. The van der Waals surface area contributed by atoms with Gasteiger partial charge >= 0.3 is 5.69 Å². The minimum Gasteiger partial charge on any atom is -0.294 e. The van der Waals surface area contributed by atoms with Crippen LogP contribution >= 0.6 is 23.2 Å². The summed E-state index contributed by atoms with van der Waals surface area (Å²) in [4.78, 5) is 25.9. The van der Waals surface area contributed by atoms with E-state index in [4.69, 9.17) is 23.2 Å². The van der Waals surface area contributed by atoms with E-state index in [-0.39, 0.29) is 5.02 Å². The van der Waals surface area contributed by atoms with Crippen LogP contribution < -0.4 is 11.2 Å². The van der Waals surface area contributed by atoms with Crippen LogP contribution in [0.4, 0.5) is 0 Å². The number of halogens is 2. The first-order chi connectivity index (χ1) is 14.0. The SMILES string of the molecule is Cn1c(=O)n(-c2ccc(C#Cc3ccccc3)cc2Cl)c(=O)c2cccc(Cl)c21. The zero-order chi connectivity index (χ0) is 20.5. The summed E-state index contributed by atoms with van der Waals surface area (Å²) >= 11 is 12.6. The van der Waals surface area contributed by atoms with Crippen molar-refractivity contribution in [2.24, 2.45) is 7.05 Å². The smallest absolute Gasteiger partial charge is 0.294 e. The molecule has 0 aliphatic heterocycles. The van der Waals surface area contributed by atoms with Crippen LogP contribution in [-0.4, -0.2) is 9.13 Å². The molecule has 0 radical (unpaired) electrons. The number of benzene rings is 3. The molecule has 0 aliphatic carbocycles. The quantitative estimate of drug-likeness (QED) is 0.428. The minimum absolute atomic E-state index is 0.255. The Morgan fingerprint density at radius 2 is 1.52 bits per heavy atom. The molecule has 0 spiro atoms. The first-order valence-electron chi connectivity index (χ1n) is 8.74. The van der Waals surface area contributed by atoms with Gasteiger partial charge in [-0.3, -0.25) is 9.36 Å². The maximum absolute atomic E-state index is 13.0. The minimum atomic E-state index is -0.527. The van der Waals surface area contributed by atoms with E-state index in [0.717, 1.165) is 10.1 Å². The molecule has 1 heterocycles. The molecule has 142 valence electrons. The van der Waals surface area contributed by atoms with Crippen molar-refractivity contribution in [1.82, 2.24) is 9.13 Å². The van der Waals surface area contributed by atoms with Crippen LogP contribution in [0.25, 0.3) is 16.6 Å². The standard InChI is InChI=1S/C23H14Cl2N2O2/c1-26-21-17(8-5-9-18(21)24)22(28)27(23(26)29)20-13-12-16(14-19(20)25)11-10-15-6-3-2-4-7-15/h2-9,12-14H,1H3. The van der Waals surface area contributed by atoms with Gasteiger partial charge in [-0.05, 0) is 42.5 Å². The molecule has 0 bridgehead atoms. The predicted molar refractivity (Wildman–Crippen MR) is 117 cm³/mol. The topological polar surface area (TPSA) is 44.0 Å². The molecule has 0 amide bonds. The highest BCUT2D eigenvalue weighted by Gasteiger charge is 2.16. The zero-order valence-electron chi connectivity index (χ0n) is 15.3. The van der Waals surface area contributed by atoms with Crippen LogP contribution in [-0.2, 0) is 7.05 Å². The third-order valence-electron chi connectivity index (χ3n) is 4.55. The number of fused-ring (bicyclic) bond motifs is 1. The highest BCUT2D eigenvalue weighted by atomic mass is 35.5. The molecule has 0 aliphatic rings. The Kier molecular flexibility index (Phi) is 5.02. The summed E-state index contributed by atoms with van der Waals surface area (Å²) in [7, 11) is 1.57. The molecular weight excluding hydrogens is 407 g/mol. The maximum atomic E-state index is 13.0. The van der Waals surface area contributed by atoms with Crippen LogP contribution in [0.2, 0.25) is 10.0 Å². The third-order valence-corrected chi connectivity index (χ3v) is 5.16. The molecule has 6 heteroatoms. The molecule has 4 nitrogen and oxygen atoms in total. The van der Waals surface area contributed by atoms with Crippen molar-refractivity contribution in [2.75, 3.05) is 0 Å². The van der Waals surface area contributed by atoms with E-state index in [9.17, 15) is 9.59 Å². The summed E-state index contributed by atoms with van der Waals surface area (Å²) in [6, 6.07) is 19.5. The Morgan fingerprint density at radius 1 is 0.793 bits per heavy atom. The lowest BCUT2D eigenvalue weighted by Gasteiger charge is -2.13. The second kappa shape index (κ2) is 7.63. The monoisotopic (exact) mass is 420 g/mol. The second-order valence-electron chi connectivity index (χ2n) is 6.40. The highest BCUT2D eigenvalue weighted by Crippen LogP contribution is 2.22. The molecule has 0 atom stereocenters. The van der Waals surface area contributed by atoms with Crippen molar-refractivity contribution < 1.29 is 0 Å². The van der Waals surface area contributed by atoms with E-state index in [1.54, 1.807) is 43.4 Å². The Morgan fingerprint density at radius 3 is 2.24 bits per heavy atom. The highest BCUT2D eigenvalue weighted by molar-refractivity contribution is 6.35. The van der Waals surface area contributed by atoms with Gasteiger partial charge in [-0.1, -0.05) is 59.3 Å². The molecule has 1 aromatic heterocycles. The summed E-state index contributed by atoms with van der Waals surface area (Å²) in [6.45, 7) is 0. The van der Waals surface area contributed by atoms with Gasteiger partial charge in [-0.15, -0.1) is 0 Å². The third kappa shape index (κ3) is 3.47. The predicted octanol–water partition coefficient (Wildman–Crippen LogP) is 4.40. The van der Waals surface area contributed by atoms with E-state index in [1.807, 2.05) is 30.3 Å². The maximum Gasteiger partial charge on any atom is 0.335 e. The van der Waals surface area contributed by atoms with Gasteiger partial charge in [0.1, 0.15) is 0 Å². The fourth-order valence-electron chi connectivity index (χ4n) is 3.13. The van der Waals surface area contributed by atoms with Crippen molar-refractivity contribution in [3.05, 3.63) is 109 Å². The fraction of sp³-hybridized carbons (Fsp3) is 0.0435. The number of hydrogen-bond acceptors (Lipinski definition) is 2. The largest absolute Gasteiger partial charge is 0.335 e.